The molecular formula is C17H20N2OS2. The van der Waals surface area contributed by atoms with E-state index in [-0.39, 0.29) is 17.2 Å². The quantitative estimate of drug-likeness (QED) is 0.856. The van der Waals surface area contributed by atoms with E-state index in [0.29, 0.717) is 0 Å². The lowest BCUT2D eigenvalue weighted by Gasteiger charge is -2.27. The van der Waals surface area contributed by atoms with Crippen LogP contribution in [0.4, 0.5) is 0 Å². The van der Waals surface area contributed by atoms with Crippen LogP contribution in [0.3, 0.4) is 0 Å². The Morgan fingerprint density at radius 2 is 2.27 bits per heavy atom. The molecule has 0 saturated carbocycles. The lowest BCUT2D eigenvalue weighted by molar-refractivity contribution is -0.121. The van der Waals surface area contributed by atoms with Crippen molar-refractivity contribution in [2.45, 2.75) is 48.7 Å². The lowest BCUT2D eigenvalue weighted by Crippen LogP contribution is -2.35. The van der Waals surface area contributed by atoms with Gasteiger partial charge in [0.05, 0.1) is 11.3 Å². The molecule has 0 bridgehead atoms. The molecule has 1 aliphatic carbocycles. The molecule has 1 aliphatic rings. The van der Waals surface area contributed by atoms with Gasteiger partial charge in [-0.05, 0) is 44.2 Å². The third-order valence-electron chi connectivity index (χ3n) is 3.93. The van der Waals surface area contributed by atoms with Gasteiger partial charge in [-0.3, -0.25) is 4.79 Å². The Balaban J connectivity index is 1.64. The van der Waals surface area contributed by atoms with Crippen molar-refractivity contribution in [2.24, 2.45) is 0 Å². The number of carbonyl (C=O) groups excluding carboxylic acids is 1. The van der Waals surface area contributed by atoms with Gasteiger partial charge in [0.25, 0.3) is 0 Å². The molecule has 1 N–H and O–H groups in total. The van der Waals surface area contributed by atoms with E-state index >= 15 is 0 Å². The van der Waals surface area contributed by atoms with Crippen molar-refractivity contribution in [1.82, 2.24) is 10.3 Å². The van der Waals surface area contributed by atoms with E-state index in [0.717, 1.165) is 29.3 Å². The Morgan fingerprint density at radius 3 is 3.05 bits per heavy atom. The van der Waals surface area contributed by atoms with E-state index in [9.17, 15) is 4.79 Å². The number of thioether (sulfide) groups is 1. The van der Waals surface area contributed by atoms with Crippen LogP contribution in [0, 0.1) is 6.92 Å². The predicted molar refractivity (Wildman–Crippen MR) is 92.4 cm³/mol. The molecule has 1 amide bonds. The van der Waals surface area contributed by atoms with Gasteiger partial charge in [0.2, 0.25) is 5.91 Å². The maximum atomic E-state index is 12.5. The zero-order valence-electron chi connectivity index (χ0n) is 12.8. The fraction of sp³-hybridized carbons (Fsp3) is 0.412. The van der Waals surface area contributed by atoms with Crippen molar-refractivity contribution >= 4 is 29.0 Å². The van der Waals surface area contributed by atoms with Crippen LogP contribution in [0.2, 0.25) is 0 Å². The van der Waals surface area contributed by atoms with Crippen molar-refractivity contribution in [3.8, 4) is 0 Å². The first-order valence-corrected chi connectivity index (χ1v) is 9.36. The predicted octanol–water partition coefficient (Wildman–Crippen LogP) is 4.13. The van der Waals surface area contributed by atoms with E-state index in [1.54, 1.807) is 11.3 Å². The number of hydrogen-bond donors (Lipinski definition) is 1. The van der Waals surface area contributed by atoms with Gasteiger partial charge in [0.1, 0.15) is 0 Å². The zero-order chi connectivity index (χ0) is 15.5. The number of benzene rings is 1. The van der Waals surface area contributed by atoms with Crippen LogP contribution >= 0.6 is 23.1 Å². The maximum Gasteiger partial charge on any atom is 0.233 e. The summed E-state index contributed by atoms with van der Waals surface area (Å²) in [6.45, 7) is 3.93. The first kappa shape index (κ1) is 15.6. The molecule has 5 heteroatoms. The fourth-order valence-electron chi connectivity index (χ4n) is 2.78. The molecule has 1 aromatic carbocycles. The van der Waals surface area contributed by atoms with Crippen LogP contribution in [0.15, 0.2) is 34.0 Å². The summed E-state index contributed by atoms with van der Waals surface area (Å²) < 4.78 is 0.962. The fourth-order valence-corrected chi connectivity index (χ4v) is 4.78. The summed E-state index contributed by atoms with van der Waals surface area (Å²) >= 11 is 3.14. The number of fused-ring (bicyclic) bond motifs is 1. The second-order valence-corrected chi connectivity index (χ2v) is 8.11. The molecule has 0 fully saturated rings. The van der Waals surface area contributed by atoms with Gasteiger partial charge in [-0.15, -0.1) is 11.3 Å². The van der Waals surface area contributed by atoms with Crippen molar-refractivity contribution in [1.29, 1.82) is 0 Å². The van der Waals surface area contributed by atoms with E-state index in [1.165, 1.54) is 22.9 Å². The molecule has 116 valence electrons. The van der Waals surface area contributed by atoms with Gasteiger partial charge < -0.3 is 5.32 Å². The van der Waals surface area contributed by atoms with Gasteiger partial charge in [-0.2, -0.15) is 0 Å². The van der Waals surface area contributed by atoms with Crippen LogP contribution in [-0.4, -0.2) is 16.1 Å². The van der Waals surface area contributed by atoms with Crippen LogP contribution < -0.4 is 5.32 Å². The molecule has 22 heavy (non-hydrogen) atoms. The molecule has 0 aliphatic heterocycles. The Labute approximate surface area is 139 Å². The maximum absolute atomic E-state index is 12.5. The summed E-state index contributed by atoms with van der Waals surface area (Å²) in [5.74, 6) is 0.0968. The second kappa shape index (κ2) is 6.84. The van der Waals surface area contributed by atoms with E-state index in [4.69, 9.17) is 0 Å². The van der Waals surface area contributed by atoms with Gasteiger partial charge >= 0.3 is 0 Å². The Hall–Kier alpha value is -1.33. The number of nitrogens with one attached hydrogen (secondary N) is 1. The summed E-state index contributed by atoms with van der Waals surface area (Å²) in [6, 6.07) is 8.59. The van der Waals surface area contributed by atoms with Crippen LogP contribution in [0.25, 0.3) is 0 Å². The molecule has 0 saturated heterocycles. The van der Waals surface area contributed by atoms with Gasteiger partial charge in [-0.25, -0.2) is 4.98 Å². The molecule has 0 spiro atoms. The largest absolute Gasteiger partial charge is 0.348 e. The number of aryl methyl sites for hydroxylation is 2. The van der Waals surface area contributed by atoms with Gasteiger partial charge in [0.15, 0.2) is 4.34 Å². The highest BCUT2D eigenvalue weighted by Gasteiger charge is 2.24. The van der Waals surface area contributed by atoms with E-state index < -0.39 is 0 Å². The van der Waals surface area contributed by atoms with Crippen molar-refractivity contribution in [2.75, 3.05) is 0 Å². The number of nitrogens with zero attached hydrogens (tertiary/aromatic N) is 1. The minimum atomic E-state index is -0.125. The molecule has 2 aromatic rings. The first-order valence-electron chi connectivity index (χ1n) is 7.60. The van der Waals surface area contributed by atoms with Crippen molar-refractivity contribution < 1.29 is 4.79 Å². The molecule has 0 radical (unpaired) electrons. The lowest BCUT2D eigenvalue weighted by atomic mass is 9.88. The molecule has 3 nitrogen and oxygen atoms in total. The summed E-state index contributed by atoms with van der Waals surface area (Å²) in [5, 5.41) is 5.11. The highest BCUT2D eigenvalue weighted by Crippen LogP contribution is 2.31. The van der Waals surface area contributed by atoms with E-state index in [2.05, 4.69) is 34.6 Å². The number of amides is 1. The average Bonchev–Trinajstić information content (AvgIpc) is 2.92. The number of hydrogen-bond acceptors (Lipinski definition) is 4. The molecule has 1 aromatic heterocycles. The standard InChI is InChI=1S/C17H20N2OS2/c1-11-10-21-17(18-11)22-12(2)16(20)19-15-9-5-7-13-6-3-4-8-14(13)15/h3-4,6,8,10,12,15H,5,7,9H2,1-2H3,(H,19,20)/t12-,15-/m0/s1. The van der Waals surface area contributed by atoms with Gasteiger partial charge in [0, 0.05) is 11.1 Å². The van der Waals surface area contributed by atoms with Crippen molar-refractivity contribution in [3.63, 3.8) is 0 Å². The Morgan fingerprint density at radius 1 is 1.45 bits per heavy atom. The third kappa shape index (κ3) is 3.52. The number of aromatic nitrogens is 1. The normalized spacial score (nSPS) is 18.5. The topological polar surface area (TPSA) is 42.0 Å². The molecule has 3 rings (SSSR count). The Kier molecular flexibility index (Phi) is 4.84. The highest BCUT2D eigenvalue weighted by molar-refractivity contribution is 8.02. The summed E-state index contributed by atoms with van der Waals surface area (Å²) in [6.07, 6.45) is 3.27. The van der Waals surface area contributed by atoms with Crippen LogP contribution in [-0.2, 0) is 11.2 Å². The number of thiazole rings is 1. The van der Waals surface area contributed by atoms with Crippen LogP contribution in [0.5, 0.6) is 0 Å². The smallest absolute Gasteiger partial charge is 0.233 e. The average molecular weight is 332 g/mol. The van der Waals surface area contributed by atoms with Crippen LogP contribution in [0.1, 0.15) is 42.6 Å². The molecule has 0 unspecified atom stereocenters. The van der Waals surface area contributed by atoms with Crippen molar-refractivity contribution in [3.05, 3.63) is 46.5 Å². The SMILES string of the molecule is Cc1csc(S[C@@H](C)C(=O)N[C@H]2CCCc3ccccc32)n1. The first-order chi connectivity index (χ1) is 10.6. The summed E-state index contributed by atoms with van der Waals surface area (Å²) in [4.78, 5) is 16.9. The van der Waals surface area contributed by atoms with Gasteiger partial charge in [-0.1, -0.05) is 36.0 Å². The van der Waals surface area contributed by atoms with E-state index in [1.807, 2.05) is 19.2 Å². The third-order valence-corrected chi connectivity index (χ3v) is 6.12. The monoisotopic (exact) mass is 332 g/mol. The Bertz CT molecular complexity index is 668. The summed E-state index contributed by atoms with van der Waals surface area (Å²) in [5.41, 5.74) is 3.67. The number of rotatable bonds is 4. The second-order valence-electron chi connectivity index (χ2n) is 5.67. The minimum Gasteiger partial charge on any atom is -0.348 e. The zero-order valence-corrected chi connectivity index (χ0v) is 14.5. The highest BCUT2D eigenvalue weighted by atomic mass is 32.2. The molecular weight excluding hydrogens is 312 g/mol. The summed E-state index contributed by atoms with van der Waals surface area (Å²) in [7, 11) is 0. The molecule has 2 atom stereocenters. The number of carbonyl (C=O) groups is 1. The molecule has 1 heterocycles. The minimum absolute atomic E-state index is 0.0968.